The molecule has 1 aliphatic carbocycles. The number of carbonyl (C=O) groups excluding carboxylic acids is 1. The summed E-state index contributed by atoms with van der Waals surface area (Å²) in [6.45, 7) is 6.76. The zero-order chi connectivity index (χ0) is 20.1. The minimum atomic E-state index is -0.442. The van der Waals surface area contributed by atoms with Gasteiger partial charge in [0.05, 0.1) is 6.10 Å². The van der Waals surface area contributed by atoms with Gasteiger partial charge in [-0.05, 0) is 55.5 Å². The van der Waals surface area contributed by atoms with Gasteiger partial charge < -0.3 is 15.2 Å². The van der Waals surface area contributed by atoms with Crippen molar-refractivity contribution in [3.8, 4) is 5.75 Å². The van der Waals surface area contributed by atoms with Crippen LogP contribution in [0.5, 0.6) is 5.75 Å². The van der Waals surface area contributed by atoms with Gasteiger partial charge in [0, 0.05) is 21.7 Å². The highest BCUT2D eigenvalue weighted by Gasteiger charge is 2.37. The smallest absolute Gasteiger partial charge is 0.257 e. The number of ether oxygens (including phenoxy) is 1. The predicted molar refractivity (Wildman–Crippen MR) is 114 cm³/mol. The molecule has 1 unspecified atom stereocenters. The average Bonchev–Trinajstić information content (AvgIpc) is 3.35. The summed E-state index contributed by atoms with van der Waals surface area (Å²) in [6.07, 6.45) is 4.06. The maximum Gasteiger partial charge on any atom is 0.257 e. The molecular formula is C23H31NO3S. The zero-order valence-corrected chi connectivity index (χ0v) is 17.8. The van der Waals surface area contributed by atoms with E-state index >= 15 is 0 Å². The number of rotatable bonds is 8. The minimum Gasteiger partial charge on any atom is -0.484 e. The first-order valence-corrected chi connectivity index (χ1v) is 11.0. The first kappa shape index (κ1) is 20.9. The summed E-state index contributed by atoms with van der Waals surface area (Å²) in [6, 6.07) is 12.1. The Morgan fingerprint density at radius 2 is 1.82 bits per heavy atom. The van der Waals surface area contributed by atoms with Crippen molar-refractivity contribution in [2.45, 2.75) is 63.9 Å². The zero-order valence-electron chi connectivity index (χ0n) is 17.0. The Morgan fingerprint density at radius 3 is 2.39 bits per heavy atom. The molecular weight excluding hydrogens is 370 g/mol. The van der Waals surface area contributed by atoms with Crippen LogP contribution < -0.4 is 10.1 Å². The summed E-state index contributed by atoms with van der Waals surface area (Å²) in [5.74, 6) is 1.10. The minimum absolute atomic E-state index is 0.00756. The summed E-state index contributed by atoms with van der Waals surface area (Å²) in [4.78, 5) is 14.6. The van der Waals surface area contributed by atoms with Crippen LogP contribution in [-0.4, -0.2) is 24.2 Å². The van der Waals surface area contributed by atoms with E-state index in [1.54, 1.807) is 18.3 Å². The molecule has 0 aliphatic heterocycles. The number of hydrogen-bond acceptors (Lipinski definition) is 4. The monoisotopic (exact) mass is 401 g/mol. The average molecular weight is 402 g/mol. The van der Waals surface area contributed by atoms with Crippen molar-refractivity contribution in [3.63, 3.8) is 0 Å². The molecule has 2 aromatic rings. The standard InChI is InChI=1S/C23H31NO3S/c1-16(2)18-6-8-19(9-7-18)27-14-22(26)24-15-23(12-4-5-13-23)21-11-10-20(28-21)17(3)25/h6-11,16-17,25H,4-5,12-15H2,1-3H3,(H,24,26). The fraction of sp³-hybridized carbons (Fsp3) is 0.522. The van der Waals surface area contributed by atoms with Gasteiger partial charge in [0.15, 0.2) is 6.61 Å². The van der Waals surface area contributed by atoms with Gasteiger partial charge >= 0.3 is 0 Å². The Kier molecular flexibility index (Phi) is 6.78. The number of aliphatic hydroxyl groups is 1. The van der Waals surface area contributed by atoms with E-state index in [0.717, 1.165) is 23.5 Å². The number of benzene rings is 1. The Morgan fingerprint density at radius 1 is 1.14 bits per heavy atom. The third-order valence-electron chi connectivity index (χ3n) is 5.66. The van der Waals surface area contributed by atoms with E-state index in [1.165, 1.54) is 23.3 Å². The molecule has 1 heterocycles. The molecule has 1 aromatic carbocycles. The highest BCUT2D eigenvalue weighted by molar-refractivity contribution is 7.12. The second-order valence-electron chi connectivity index (χ2n) is 8.15. The largest absolute Gasteiger partial charge is 0.484 e. The van der Waals surface area contributed by atoms with Crippen LogP contribution >= 0.6 is 11.3 Å². The van der Waals surface area contributed by atoms with E-state index in [1.807, 2.05) is 30.3 Å². The lowest BCUT2D eigenvalue weighted by atomic mass is 9.84. The normalized spacial score (nSPS) is 16.9. The second kappa shape index (κ2) is 9.10. The lowest BCUT2D eigenvalue weighted by Gasteiger charge is -2.28. The number of hydrogen-bond donors (Lipinski definition) is 2. The van der Waals surface area contributed by atoms with Gasteiger partial charge in [-0.15, -0.1) is 11.3 Å². The maximum absolute atomic E-state index is 12.4. The third kappa shape index (κ3) is 4.95. The highest BCUT2D eigenvalue weighted by Crippen LogP contribution is 2.44. The molecule has 0 bridgehead atoms. The third-order valence-corrected chi connectivity index (χ3v) is 7.16. The van der Waals surface area contributed by atoms with Gasteiger partial charge in [0.2, 0.25) is 0 Å². The van der Waals surface area contributed by atoms with Gasteiger partial charge in [0.1, 0.15) is 5.75 Å². The number of aliphatic hydroxyl groups excluding tert-OH is 1. The molecule has 1 aliphatic rings. The molecule has 1 atom stereocenters. The molecule has 2 N–H and O–H groups in total. The summed E-state index contributed by atoms with van der Waals surface area (Å²) >= 11 is 1.67. The Labute approximate surface area is 171 Å². The van der Waals surface area contributed by atoms with Gasteiger partial charge in [-0.25, -0.2) is 0 Å². The summed E-state index contributed by atoms with van der Waals surface area (Å²) in [5, 5.41) is 12.9. The fourth-order valence-electron chi connectivity index (χ4n) is 3.84. The molecule has 3 rings (SSSR count). The first-order valence-electron chi connectivity index (χ1n) is 10.2. The molecule has 152 valence electrons. The molecule has 0 radical (unpaired) electrons. The second-order valence-corrected chi connectivity index (χ2v) is 9.27. The molecule has 1 amide bonds. The van der Waals surface area contributed by atoms with Crippen molar-refractivity contribution >= 4 is 17.2 Å². The molecule has 28 heavy (non-hydrogen) atoms. The lowest BCUT2D eigenvalue weighted by Crippen LogP contribution is -2.40. The topological polar surface area (TPSA) is 58.6 Å². The number of thiophene rings is 1. The van der Waals surface area contributed by atoms with Gasteiger partial charge in [-0.1, -0.05) is 38.8 Å². The van der Waals surface area contributed by atoms with E-state index in [0.29, 0.717) is 12.5 Å². The van der Waals surface area contributed by atoms with Crippen molar-refractivity contribution < 1.29 is 14.6 Å². The number of amides is 1. The van der Waals surface area contributed by atoms with E-state index < -0.39 is 6.10 Å². The summed E-state index contributed by atoms with van der Waals surface area (Å²) < 4.78 is 5.65. The van der Waals surface area contributed by atoms with Gasteiger partial charge in [0.25, 0.3) is 5.91 Å². The van der Waals surface area contributed by atoms with Gasteiger partial charge in [-0.2, -0.15) is 0 Å². The maximum atomic E-state index is 12.4. The summed E-state index contributed by atoms with van der Waals surface area (Å²) in [7, 11) is 0. The van der Waals surface area contributed by atoms with Crippen LogP contribution in [0.4, 0.5) is 0 Å². The Hall–Kier alpha value is -1.85. The molecule has 1 aromatic heterocycles. The van der Waals surface area contributed by atoms with E-state index in [-0.39, 0.29) is 17.9 Å². The van der Waals surface area contributed by atoms with Crippen LogP contribution in [0.2, 0.25) is 0 Å². The fourth-order valence-corrected chi connectivity index (χ4v) is 5.03. The van der Waals surface area contributed by atoms with E-state index in [4.69, 9.17) is 4.74 Å². The number of nitrogens with one attached hydrogen (secondary N) is 1. The quantitative estimate of drug-likeness (QED) is 0.659. The first-order chi connectivity index (χ1) is 13.4. The van der Waals surface area contributed by atoms with Crippen LogP contribution in [0.15, 0.2) is 36.4 Å². The van der Waals surface area contributed by atoms with Crippen molar-refractivity contribution in [2.75, 3.05) is 13.2 Å². The molecule has 4 nitrogen and oxygen atoms in total. The van der Waals surface area contributed by atoms with Crippen LogP contribution in [0.1, 0.15) is 73.8 Å². The van der Waals surface area contributed by atoms with Gasteiger partial charge in [-0.3, -0.25) is 4.79 Å². The van der Waals surface area contributed by atoms with Crippen LogP contribution in [0, 0.1) is 0 Å². The Bertz CT molecular complexity index is 773. The highest BCUT2D eigenvalue weighted by atomic mass is 32.1. The lowest BCUT2D eigenvalue weighted by molar-refractivity contribution is -0.123. The molecule has 1 fully saturated rings. The van der Waals surface area contributed by atoms with Crippen LogP contribution in [0.25, 0.3) is 0 Å². The SMILES string of the molecule is CC(C)c1ccc(OCC(=O)NCC2(c3ccc(C(C)O)s3)CCCC2)cc1. The van der Waals surface area contributed by atoms with Crippen LogP contribution in [-0.2, 0) is 10.2 Å². The Balaban J connectivity index is 1.55. The van der Waals surface area contributed by atoms with E-state index in [9.17, 15) is 9.90 Å². The number of carbonyl (C=O) groups is 1. The predicted octanol–water partition coefficient (Wildman–Crippen LogP) is 4.93. The van der Waals surface area contributed by atoms with E-state index in [2.05, 4.69) is 25.2 Å². The molecule has 5 heteroatoms. The van der Waals surface area contributed by atoms with Crippen molar-refractivity contribution in [1.29, 1.82) is 0 Å². The van der Waals surface area contributed by atoms with Crippen molar-refractivity contribution in [2.24, 2.45) is 0 Å². The molecule has 0 saturated heterocycles. The summed E-state index contributed by atoms with van der Waals surface area (Å²) in [5.41, 5.74) is 1.25. The van der Waals surface area contributed by atoms with Crippen molar-refractivity contribution in [3.05, 3.63) is 51.7 Å². The van der Waals surface area contributed by atoms with Crippen LogP contribution in [0.3, 0.4) is 0 Å². The van der Waals surface area contributed by atoms with Crippen molar-refractivity contribution in [1.82, 2.24) is 5.32 Å². The molecule has 1 saturated carbocycles. The molecule has 0 spiro atoms.